The number of nitrogens with one attached hydrogen (secondary N) is 1. The number of benzene rings is 1. The Morgan fingerprint density at radius 1 is 1.31 bits per heavy atom. The molecule has 2 unspecified atom stereocenters. The zero-order valence-electron chi connectivity index (χ0n) is 9.17. The molecule has 1 aliphatic heterocycles. The summed E-state index contributed by atoms with van der Waals surface area (Å²) >= 11 is 0. The van der Waals surface area contributed by atoms with Crippen molar-refractivity contribution in [3.63, 3.8) is 0 Å². The summed E-state index contributed by atoms with van der Waals surface area (Å²) in [6.45, 7) is 0.759. The predicted octanol–water partition coefficient (Wildman–Crippen LogP) is 0.812. The number of amides is 1. The van der Waals surface area contributed by atoms with Crippen LogP contribution in [0.1, 0.15) is 24.4 Å². The number of carbonyl (C=O) groups is 1. The van der Waals surface area contributed by atoms with Gasteiger partial charge in [0.25, 0.3) is 0 Å². The lowest BCUT2D eigenvalue weighted by atomic mass is 9.95. The van der Waals surface area contributed by atoms with Gasteiger partial charge in [0.2, 0.25) is 6.41 Å². The van der Waals surface area contributed by atoms with Gasteiger partial charge in [0.1, 0.15) is 0 Å². The molecule has 1 aliphatic rings. The number of rotatable bonds is 3. The first-order chi connectivity index (χ1) is 7.81. The first-order valence-electron chi connectivity index (χ1n) is 5.58. The average molecular weight is 219 g/mol. The van der Waals surface area contributed by atoms with Gasteiger partial charge in [-0.1, -0.05) is 30.3 Å². The predicted molar refractivity (Wildman–Crippen MR) is 62.3 cm³/mol. The minimum atomic E-state index is 0.123. The SMILES string of the molecule is NN(C=O)C1CCC(c2ccccc2)NC1. The molecule has 0 bridgehead atoms. The van der Waals surface area contributed by atoms with Crippen LogP contribution in [0.3, 0.4) is 0 Å². The minimum Gasteiger partial charge on any atom is -0.308 e. The van der Waals surface area contributed by atoms with E-state index in [2.05, 4.69) is 17.4 Å². The lowest BCUT2D eigenvalue weighted by Gasteiger charge is -2.33. The van der Waals surface area contributed by atoms with Crippen molar-refractivity contribution in [1.82, 2.24) is 10.3 Å². The van der Waals surface area contributed by atoms with Gasteiger partial charge in [0.15, 0.2) is 0 Å². The molecule has 1 aromatic rings. The van der Waals surface area contributed by atoms with Crippen molar-refractivity contribution in [3.05, 3.63) is 35.9 Å². The number of nitrogens with two attached hydrogens (primary N) is 1. The molecule has 1 saturated heterocycles. The molecule has 1 amide bonds. The van der Waals surface area contributed by atoms with Crippen LogP contribution < -0.4 is 11.2 Å². The second kappa shape index (κ2) is 5.09. The van der Waals surface area contributed by atoms with E-state index in [1.807, 2.05) is 18.2 Å². The fourth-order valence-electron chi connectivity index (χ4n) is 2.15. The molecule has 1 heterocycles. The molecule has 3 N–H and O–H groups in total. The fourth-order valence-corrected chi connectivity index (χ4v) is 2.15. The van der Waals surface area contributed by atoms with E-state index in [4.69, 9.17) is 5.84 Å². The van der Waals surface area contributed by atoms with Crippen molar-refractivity contribution < 1.29 is 4.79 Å². The molecule has 0 spiro atoms. The van der Waals surface area contributed by atoms with Crippen molar-refractivity contribution in [2.45, 2.75) is 24.9 Å². The Hall–Kier alpha value is -1.39. The molecular formula is C12H17N3O. The van der Waals surface area contributed by atoms with Crippen molar-refractivity contribution in [2.75, 3.05) is 6.54 Å². The fraction of sp³-hybridized carbons (Fsp3) is 0.417. The highest BCUT2D eigenvalue weighted by Gasteiger charge is 2.23. The molecule has 4 heteroatoms. The summed E-state index contributed by atoms with van der Waals surface area (Å²) in [6, 6.07) is 10.9. The second-order valence-electron chi connectivity index (χ2n) is 4.16. The molecule has 2 atom stereocenters. The third kappa shape index (κ3) is 2.40. The van der Waals surface area contributed by atoms with Gasteiger partial charge in [0, 0.05) is 12.6 Å². The number of nitrogens with zero attached hydrogens (tertiary/aromatic N) is 1. The number of piperidine rings is 1. The zero-order valence-corrected chi connectivity index (χ0v) is 9.17. The average Bonchev–Trinajstić information content (AvgIpc) is 2.39. The molecule has 1 fully saturated rings. The molecule has 0 aromatic heterocycles. The molecule has 1 aromatic carbocycles. The first-order valence-corrected chi connectivity index (χ1v) is 5.58. The van der Waals surface area contributed by atoms with E-state index < -0.39 is 0 Å². The van der Waals surface area contributed by atoms with Gasteiger partial charge >= 0.3 is 0 Å². The molecule has 0 aliphatic carbocycles. The van der Waals surface area contributed by atoms with Gasteiger partial charge in [0.05, 0.1) is 6.04 Å². The molecule has 0 saturated carbocycles. The summed E-state index contributed by atoms with van der Waals surface area (Å²) in [6.07, 6.45) is 2.65. The Labute approximate surface area is 95.4 Å². The lowest BCUT2D eigenvalue weighted by Crippen LogP contribution is -2.49. The van der Waals surface area contributed by atoms with Crippen LogP contribution in [-0.2, 0) is 4.79 Å². The molecule has 4 nitrogen and oxygen atoms in total. The molecule has 2 rings (SSSR count). The van der Waals surface area contributed by atoms with Crippen LogP contribution in [0, 0.1) is 0 Å². The third-order valence-electron chi connectivity index (χ3n) is 3.13. The highest BCUT2D eigenvalue weighted by atomic mass is 16.1. The molecular weight excluding hydrogens is 202 g/mol. The van der Waals surface area contributed by atoms with Gasteiger partial charge in [-0.3, -0.25) is 9.80 Å². The van der Waals surface area contributed by atoms with Crippen molar-refractivity contribution >= 4 is 6.41 Å². The van der Waals surface area contributed by atoms with E-state index in [9.17, 15) is 4.79 Å². The molecule has 86 valence electrons. The molecule has 16 heavy (non-hydrogen) atoms. The maximum absolute atomic E-state index is 10.5. The Balaban J connectivity index is 1.93. The van der Waals surface area contributed by atoms with E-state index >= 15 is 0 Å². The lowest BCUT2D eigenvalue weighted by molar-refractivity contribution is -0.120. The number of carbonyl (C=O) groups excluding carboxylic acids is 1. The van der Waals surface area contributed by atoms with E-state index in [0.717, 1.165) is 19.4 Å². The van der Waals surface area contributed by atoms with E-state index in [-0.39, 0.29) is 6.04 Å². The monoisotopic (exact) mass is 219 g/mol. The van der Waals surface area contributed by atoms with Gasteiger partial charge in [-0.25, -0.2) is 5.84 Å². The molecule has 0 radical (unpaired) electrons. The van der Waals surface area contributed by atoms with Gasteiger partial charge < -0.3 is 5.32 Å². The summed E-state index contributed by atoms with van der Waals surface area (Å²) in [5.41, 5.74) is 1.30. The number of hydrogen-bond acceptors (Lipinski definition) is 3. The standard InChI is InChI=1S/C12H17N3O/c13-15(9-16)11-6-7-12(14-8-11)10-4-2-1-3-5-10/h1-5,9,11-12,14H,6-8,13H2. The maximum atomic E-state index is 10.5. The summed E-state index contributed by atoms with van der Waals surface area (Å²) in [5.74, 6) is 5.56. The number of hydrazine groups is 1. The van der Waals surface area contributed by atoms with Crippen LogP contribution in [0.4, 0.5) is 0 Å². The summed E-state index contributed by atoms with van der Waals surface area (Å²) in [4.78, 5) is 10.5. The summed E-state index contributed by atoms with van der Waals surface area (Å²) < 4.78 is 0. The van der Waals surface area contributed by atoms with Crippen LogP contribution in [0.5, 0.6) is 0 Å². The number of hydrogen-bond donors (Lipinski definition) is 2. The van der Waals surface area contributed by atoms with E-state index in [0.29, 0.717) is 12.5 Å². The smallest absolute Gasteiger partial charge is 0.223 e. The minimum absolute atomic E-state index is 0.123. The van der Waals surface area contributed by atoms with Crippen molar-refractivity contribution in [1.29, 1.82) is 0 Å². The Morgan fingerprint density at radius 2 is 2.06 bits per heavy atom. The van der Waals surface area contributed by atoms with Gasteiger partial charge in [-0.15, -0.1) is 0 Å². The first kappa shape index (κ1) is 11.1. The van der Waals surface area contributed by atoms with Crippen LogP contribution in [0.25, 0.3) is 0 Å². The summed E-state index contributed by atoms with van der Waals surface area (Å²) in [5, 5.41) is 4.68. The zero-order chi connectivity index (χ0) is 11.4. The van der Waals surface area contributed by atoms with Crippen LogP contribution in [-0.4, -0.2) is 24.0 Å². The topological polar surface area (TPSA) is 58.4 Å². The van der Waals surface area contributed by atoms with Crippen LogP contribution in [0.15, 0.2) is 30.3 Å². The maximum Gasteiger partial charge on any atom is 0.223 e. The van der Waals surface area contributed by atoms with Crippen molar-refractivity contribution in [3.8, 4) is 0 Å². The van der Waals surface area contributed by atoms with Crippen molar-refractivity contribution in [2.24, 2.45) is 5.84 Å². The van der Waals surface area contributed by atoms with Crippen LogP contribution >= 0.6 is 0 Å². The van der Waals surface area contributed by atoms with Gasteiger partial charge in [-0.2, -0.15) is 0 Å². The summed E-state index contributed by atoms with van der Waals surface area (Å²) in [7, 11) is 0. The normalized spacial score (nSPS) is 25.1. The van der Waals surface area contributed by atoms with Crippen LogP contribution in [0.2, 0.25) is 0 Å². The van der Waals surface area contributed by atoms with E-state index in [1.165, 1.54) is 10.6 Å². The Bertz CT molecular complexity index is 333. The highest BCUT2D eigenvalue weighted by molar-refractivity contribution is 5.46. The highest BCUT2D eigenvalue weighted by Crippen LogP contribution is 2.23. The quantitative estimate of drug-likeness (QED) is 0.342. The Kier molecular flexibility index (Phi) is 3.54. The largest absolute Gasteiger partial charge is 0.308 e. The second-order valence-corrected chi connectivity index (χ2v) is 4.16. The Morgan fingerprint density at radius 3 is 2.62 bits per heavy atom. The van der Waals surface area contributed by atoms with Gasteiger partial charge in [-0.05, 0) is 18.4 Å². The third-order valence-corrected chi connectivity index (χ3v) is 3.13. The van der Waals surface area contributed by atoms with E-state index in [1.54, 1.807) is 0 Å².